The molecule has 6 nitrogen and oxygen atoms in total. The Morgan fingerprint density at radius 2 is 1.90 bits per heavy atom. The van der Waals surface area contributed by atoms with Gasteiger partial charge in [0.05, 0.1) is 24.3 Å². The maximum absolute atomic E-state index is 12.8. The summed E-state index contributed by atoms with van der Waals surface area (Å²) in [4.78, 5) is 18.0. The number of hydrogen-bond acceptors (Lipinski definition) is 4. The summed E-state index contributed by atoms with van der Waals surface area (Å²) in [6.45, 7) is 7.56. The van der Waals surface area contributed by atoms with Crippen LogP contribution in [0.25, 0.3) is 10.9 Å². The van der Waals surface area contributed by atoms with Gasteiger partial charge >= 0.3 is 0 Å². The zero-order chi connectivity index (χ0) is 21.1. The van der Waals surface area contributed by atoms with Crippen molar-refractivity contribution < 1.29 is 9.47 Å². The van der Waals surface area contributed by atoms with Crippen molar-refractivity contribution in [2.45, 2.75) is 58.3 Å². The highest BCUT2D eigenvalue weighted by Gasteiger charge is 2.23. The summed E-state index contributed by atoms with van der Waals surface area (Å²) in [6.07, 6.45) is 4.62. The molecule has 0 radical (unpaired) electrons. The van der Waals surface area contributed by atoms with E-state index in [1.807, 2.05) is 13.0 Å². The Labute approximate surface area is 182 Å². The van der Waals surface area contributed by atoms with Crippen LogP contribution in [-0.2, 0) is 16.0 Å². The first-order valence-electron chi connectivity index (χ1n) is 10.9. The monoisotopic (exact) mass is 429 g/mol. The van der Waals surface area contributed by atoms with Gasteiger partial charge in [-0.2, -0.15) is 0 Å². The summed E-state index contributed by atoms with van der Waals surface area (Å²) >= 11 is 5.72. The molecule has 2 aliphatic heterocycles. The summed E-state index contributed by atoms with van der Waals surface area (Å²) < 4.78 is 11.5. The highest BCUT2D eigenvalue weighted by atomic mass is 32.1. The summed E-state index contributed by atoms with van der Waals surface area (Å²) in [6, 6.07) is 6.20. The molecule has 1 aromatic carbocycles. The normalized spacial score (nSPS) is 21.3. The van der Waals surface area contributed by atoms with E-state index >= 15 is 0 Å². The van der Waals surface area contributed by atoms with E-state index in [1.54, 1.807) is 0 Å². The fourth-order valence-electron chi connectivity index (χ4n) is 4.43. The van der Waals surface area contributed by atoms with E-state index in [9.17, 15) is 4.79 Å². The van der Waals surface area contributed by atoms with Gasteiger partial charge in [-0.1, -0.05) is 11.6 Å². The highest BCUT2D eigenvalue weighted by Crippen LogP contribution is 2.20. The number of ether oxygens (including phenoxy) is 2. The second-order valence-electron chi connectivity index (χ2n) is 8.51. The average molecular weight is 430 g/mol. The minimum atomic E-state index is -0.0614. The third kappa shape index (κ3) is 5.02. The predicted octanol–water partition coefficient (Wildman–Crippen LogP) is 3.18. The van der Waals surface area contributed by atoms with Gasteiger partial charge in [0, 0.05) is 31.9 Å². The van der Waals surface area contributed by atoms with Gasteiger partial charge in [-0.15, -0.1) is 0 Å². The van der Waals surface area contributed by atoms with Gasteiger partial charge in [0.2, 0.25) is 0 Å². The van der Waals surface area contributed by atoms with E-state index in [0.29, 0.717) is 30.3 Å². The summed E-state index contributed by atoms with van der Waals surface area (Å²) in [5.74, 6) is 0. The Balaban J connectivity index is 1.54. The van der Waals surface area contributed by atoms with Crippen LogP contribution in [0.1, 0.15) is 42.4 Å². The molecule has 0 saturated carbocycles. The van der Waals surface area contributed by atoms with Crippen LogP contribution in [0.4, 0.5) is 0 Å². The topological polar surface area (TPSA) is 66.6 Å². The number of H-pyrrole nitrogens is 1. The first-order valence-corrected chi connectivity index (χ1v) is 11.3. The molecule has 30 heavy (non-hydrogen) atoms. The molecule has 0 aliphatic carbocycles. The molecule has 0 amide bonds. The standard InChI is InChI=1S/C23H31N3O3S/c1-15-9-16(2)21-17(10-15)11-18(22(27)25-21)13-26(14-20-6-4-8-29-20)23(30)24-12-19-5-3-7-28-19/h9-11,19-20H,3-8,12-14H2,1-2H3,(H,24,30)(H,25,27)/t19-,20-/m1/s1. The van der Waals surface area contributed by atoms with E-state index < -0.39 is 0 Å². The Morgan fingerprint density at radius 3 is 2.60 bits per heavy atom. The molecule has 2 aromatic rings. The van der Waals surface area contributed by atoms with Crippen molar-refractivity contribution in [2.75, 3.05) is 26.3 Å². The Morgan fingerprint density at radius 1 is 1.17 bits per heavy atom. The lowest BCUT2D eigenvalue weighted by Crippen LogP contribution is -2.45. The van der Waals surface area contributed by atoms with Gasteiger partial charge in [-0.3, -0.25) is 4.79 Å². The minimum absolute atomic E-state index is 0.0614. The van der Waals surface area contributed by atoms with Gasteiger partial charge in [0.25, 0.3) is 5.56 Å². The number of rotatable bonds is 6. The van der Waals surface area contributed by atoms with Gasteiger partial charge in [0.15, 0.2) is 5.11 Å². The number of aryl methyl sites for hydroxylation is 2. The minimum Gasteiger partial charge on any atom is -0.376 e. The van der Waals surface area contributed by atoms with Crippen LogP contribution >= 0.6 is 12.2 Å². The van der Waals surface area contributed by atoms with Crippen LogP contribution in [0, 0.1) is 13.8 Å². The number of nitrogens with one attached hydrogen (secondary N) is 2. The molecule has 0 spiro atoms. The van der Waals surface area contributed by atoms with Crippen molar-refractivity contribution >= 4 is 28.2 Å². The molecule has 0 unspecified atom stereocenters. The first-order chi connectivity index (χ1) is 14.5. The number of hydrogen-bond donors (Lipinski definition) is 2. The van der Waals surface area contributed by atoms with Crippen molar-refractivity contribution in [1.82, 2.24) is 15.2 Å². The molecule has 7 heteroatoms. The molecule has 2 N–H and O–H groups in total. The van der Waals surface area contributed by atoms with E-state index in [1.165, 1.54) is 5.56 Å². The summed E-state index contributed by atoms with van der Waals surface area (Å²) in [5.41, 5.74) is 3.82. The molecule has 2 aliphatic rings. The third-order valence-electron chi connectivity index (χ3n) is 5.97. The van der Waals surface area contributed by atoms with Crippen molar-refractivity contribution in [1.29, 1.82) is 0 Å². The molecular weight excluding hydrogens is 398 g/mol. The predicted molar refractivity (Wildman–Crippen MR) is 123 cm³/mol. The maximum atomic E-state index is 12.8. The number of benzene rings is 1. The average Bonchev–Trinajstić information content (AvgIpc) is 3.41. The van der Waals surface area contributed by atoms with Gasteiger partial charge < -0.3 is 24.7 Å². The van der Waals surface area contributed by atoms with Crippen molar-refractivity contribution in [3.05, 3.63) is 45.2 Å². The van der Waals surface area contributed by atoms with Crippen LogP contribution < -0.4 is 10.9 Å². The second-order valence-corrected chi connectivity index (χ2v) is 8.89. The smallest absolute Gasteiger partial charge is 0.253 e. The van der Waals surface area contributed by atoms with E-state index in [4.69, 9.17) is 21.7 Å². The van der Waals surface area contributed by atoms with Gasteiger partial charge in [0.1, 0.15) is 0 Å². The fraction of sp³-hybridized carbons (Fsp3) is 0.565. The van der Waals surface area contributed by atoms with Crippen LogP contribution in [0.2, 0.25) is 0 Å². The number of nitrogens with zero attached hydrogens (tertiary/aromatic N) is 1. The zero-order valence-electron chi connectivity index (χ0n) is 17.8. The molecule has 4 rings (SSSR count). The zero-order valence-corrected chi connectivity index (χ0v) is 18.6. The molecule has 2 saturated heterocycles. The number of aromatic amines is 1. The SMILES string of the molecule is Cc1cc(C)c2[nH]c(=O)c(CN(C[C@H]3CCCO3)C(=S)NC[C@H]3CCCO3)cc2c1. The highest BCUT2D eigenvalue weighted by molar-refractivity contribution is 7.80. The lowest BCUT2D eigenvalue weighted by Gasteiger charge is -2.29. The summed E-state index contributed by atoms with van der Waals surface area (Å²) in [7, 11) is 0. The van der Waals surface area contributed by atoms with Gasteiger partial charge in [-0.25, -0.2) is 0 Å². The Bertz CT molecular complexity index is 962. The van der Waals surface area contributed by atoms with E-state index in [2.05, 4.69) is 34.3 Å². The quantitative estimate of drug-likeness (QED) is 0.688. The summed E-state index contributed by atoms with van der Waals surface area (Å²) in [5, 5.41) is 5.07. The van der Waals surface area contributed by atoms with Crippen molar-refractivity contribution in [3.8, 4) is 0 Å². The fourth-order valence-corrected chi connectivity index (χ4v) is 4.65. The lowest BCUT2D eigenvalue weighted by atomic mass is 10.1. The van der Waals surface area contributed by atoms with Crippen LogP contribution in [-0.4, -0.2) is 53.5 Å². The third-order valence-corrected chi connectivity index (χ3v) is 6.37. The number of thiocarbonyl (C=S) groups is 1. The molecule has 2 fully saturated rings. The molecule has 1 aromatic heterocycles. The largest absolute Gasteiger partial charge is 0.376 e. The first kappa shape index (κ1) is 21.3. The van der Waals surface area contributed by atoms with Crippen molar-refractivity contribution in [3.63, 3.8) is 0 Å². The number of aromatic nitrogens is 1. The number of pyridine rings is 1. The number of fused-ring (bicyclic) bond motifs is 1. The molecule has 0 bridgehead atoms. The molecular formula is C23H31N3O3S. The Hall–Kier alpha value is -1.96. The van der Waals surface area contributed by atoms with E-state index in [0.717, 1.165) is 55.4 Å². The molecule has 162 valence electrons. The molecule has 3 heterocycles. The lowest BCUT2D eigenvalue weighted by molar-refractivity contribution is 0.0885. The van der Waals surface area contributed by atoms with E-state index in [-0.39, 0.29) is 17.8 Å². The van der Waals surface area contributed by atoms with Crippen LogP contribution in [0.3, 0.4) is 0 Å². The van der Waals surface area contributed by atoms with Crippen molar-refractivity contribution in [2.24, 2.45) is 0 Å². The van der Waals surface area contributed by atoms with Crippen LogP contribution in [0.5, 0.6) is 0 Å². The second kappa shape index (κ2) is 9.45. The maximum Gasteiger partial charge on any atom is 0.253 e. The van der Waals surface area contributed by atoms with Gasteiger partial charge in [-0.05, 0) is 74.8 Å². The molecule has 2 atom stereocenters. The van der Waals surface area contributed by atoms with Crippen LogP contribution in [0.15, 0.2) is 23.0 Å². The Kier molecular flexibility index (Phi) is 6.71.